The third kappa shape index (κ3) is 5.87. The van der Waals surface area contributed by atoms with Gasteiger partial charge in [0.05, 0.1) is 32.2 Å². The number of anilines is 1. The summed E-state index contributed by atoms with van der Waals surface area (Å²) in [5.74, 6) is 3.09. The van der Waals surface area contributed by atoms with Crippen LogP contribution in [0, 0.1) is 19.3 Å². The van der Waals surface area contributed by atoms with E-state index in [4.69, 9.17) is 6.42 Å². The predicted octanol–water partition coefficient (Wildman–Crippen LogP) is 11.2. The Balaban J connectivity index is 1.68. The number of allylic oxidation sites excluding steroid dienone is 8. The second kappa shape index (κ2) is 14.1. The van der Waals surface area contributed by atoms with Crippen LogP contribution in [0.15, 0.2) is 121 Å². The SMILES string of the molecule is C#Cc1c(/C(=C\C)n2c3ccccc3c3ccccc32)sc(/C(=C\C/C=C\C)N(C)c2ccccc2C/C=C\C=C/C)c1C. The van der Waals surface area contributed by atoms with E-state index in [0.717, 1.165) is 40.2 Å². The van der Waals surface area contributed by atoms with Crippen LogP contribution in [0.5, 0.6) is 0 Å². The first-order valence-electron chi connectivity index (χ1n) is 15.2. The number of benzene rings is 3. The molecule has 0 aliphatic rings. The maximum Gasteiger partial charge on any atom is 0.0674 e. The van der Waals surface area contributed by atoms with E-state index < -0.39 is 0 Å². The van der Waals surface area contributed by atoms with Crippen molar-refractivity contribution in [2.45, 2.75) is 40.5 Å². The van der Waals surface area contributed by atoms with Gasteiger partial charge in [-0.3, -0.25) is 0 Å². The Morgan fingerprint density at radius 3 is 2.14 bits per heavy atom. The van der Waals surface area contributed by atoms with E-state index in [-0.39, 0.29) is 0 Å². The molecule has 0 radical (unpaired) electrons. The van der Waals surface area contributed by atoms with Crippen molar-refractivity contribution in [2.24, 2.45) is 0 Å². The predicted molar refractivity (Wildman–Crippen MR) is 195 cm³/mol. The van der Waals surface area contributed by atoms with Gasteiger partial charge in [0.15, 0.2) is 0 Å². The van der Waals surface area contributed by atoms with E-state index >= 15 is 0 Å². The lowest BCUT2D eigenvalue weighted by atomic mass is 10.0. The van der Waals surface area contributed by atoms with E-state index in [1.807, 2.05) is 6.92 Å². The molecule has 0 fully saturated rings. The average Bonchev–Trinajstić information content (AvgIpc) is 3.56. The van der Waals surface area contributed by atoms with Gasteiger partial charge >= 0.3 is 0 Å². The van der Waals surface area contributed by atoms with E-state index in [1.54, 1.807) is 11.3 Å². The largest absolute Gasteiger partial charge is 0.343 e. The zero-order valence-electron chi connectivity index (χ0n) is 26.3. The van der Waals surface area contributed by atoms with Gasteiger partial charge in [0, 0.05) is 29.1 Å². The summed E-state index contributed by atoms with van der Waals surface area (Å²) in [4.78, 5) is 4.64. The van der Waals surface area contributed by atoms with Crippen LogP contribution in [0.2, 0.25) is 0 Å². The van der Waals surface area contributed by atoms with Gasteiger partial charge in [0.2, 0.25) is 0 Å². The molecule has 0 bridgehead atoms. The van der Waals surface area contributed by atoms with Crippen molar-refractivity contribution in [1.29, 1.82) is 0 Å². The van der Waals surface area contributed by atoms with E-state index in [2.05, 4.69) is 165 Å². The molecule has 2 heterocycles. The summed E-state index contributed by atoms with van der Waals surface area (Å²) < 4.78 is 2.37. The highest BCUT2D eigenvalue weighted by Gasteiger charge is 2.24. The quantitative estimate of drug-likeness (QED) is 0.0889. The molecule has 5 aromatic rings. The first-order chi connectivity index (χ1) is 21.5. The van der Waals surface area contributed by atoms with Crippen LogP contribution >= 0.6 is 11.3 Å². The number of hydrogen-bond acceptors (Lipinski definition) is 2. The molecule has 3 heteroatoms. The number of thiophene rings is 1. The molecule has 3 aromatic carbocycles. The minimum Gasteiger partial charge on any atom is -0.343 e. The number of para-hydroxylation sites is 3. The Morgan fingerprint density at radius 2 is 1.50 bits per heavy atom. The molecular formula is C41H40N2S. The first kappa shape index (κ1) is 30.7. The van der Waals surface area contributed by atoms with E-state index in [1.165, 1.54) is 37.9 Å². The number of hydrogen-bond donors (Lipinski definition) is 0. The van der Waals surface area contributed by atoms with Gasteiger partial charge in [-0.2, -0.15) is 0 Å². The second-order valence-corrected chi connectivity index (χ2v) is 11.7. The molecular weight excluding hydrogens is 553 g/mol. The molecule has 2 aromatic heterocycles. The molecule has 0 aliphatic carbocycles. The van der Waals surface area contributed by atoms with Crippen molar-refractivity contribution in [3.8, 4) is 12.3 Å². The number of nitrogens with zero attached hydrogens (tertiary/aromatic N) is 2. The zero-order valence-corrected chi connectivity index (χ0v) is 27.2. The van der Waals surface area contributed by atoms with Gasteiger partial charge in [0.1, 0.15) is 0 Å². The maximum atomic E-state index is 6.31. The van der Waals surface area contributed by atoms with Crippen LogP contribution in [0.3, 0.4) is 0 Å². The summed E-state index contributed by atoms with van der Waals surface area (Å²) in [6.07, 6.45) is 25.3. The lowest BCUT2D eigenvalue weighted by molar-refractivity contribution is 1.15. The first-order valence-corrected chi connectivity index (χ1v) is 16.0. The molecule has 0 N–H and O–H groups in total. The van der Waals surface area contributed by atoms with Gasteiger partial charge in [0.25, 0.3) is 0 Å². The summed E-state index contributed by atoms with van der Waals surface area (Å²) in [6.45, 7) is 8.39. The lowest BCUT2D eigenvalue weighted by Gasteiger charge is -2.25. The minimum absolute atomic E-state index is 0.834. The molecule has 0 saturated carbocycles. The molecule has 2 nitrogen and oxygen atoms in total. The Kier molecular flexibility index (Phi) is 9.85. The summed E-state index contributed by atoms with van der Waals surface area (Å²) in [5, 5.41) is 2.48. The summed E-state index contributed by atoms with van der Waals surface area (Å²) in [6, 6.07) is 25.9. The average molecular weight is 593 g/mol. The summed E-state index contributed by atoms with van der Waals surface area (Å²) in [7, 11) is 2.17. The third-order valence-electron chi connectivity index (χ3n) is 8.03. The molecule has 44 heavy (non-hydrogen) atoms. The molecule has 0 aliphatic heterocycles. The molecule has 220 valence electrons. The molecule has 0 amide bonds. The molecule has 0 unspecified atom stereocenters. The van der Waals surface area contributed by atoms with E-state index in [0.29, 0.717) is 0 Å². The van der Waals surface area contributed by atoms with Crippen LogP contribution in [-0.4, -0.2) is 11.6 Å². The fourth-order valence-corrected chi connectivity index (χ4v) is 7.29. The topological polar surface area (TPSA) is 8.17 Å². The zero-order chi connectivity index (χ0) is 31.1. The van der Waals surface area contributed by atoms with Gasteiger partial charge in [-0.05, 0) is 69.9 Å². The van der Waals surface area contributed by atoms with Crippen LogP contribution in [0.4, 0.5) is 5.69 Å². The Hall–Kier alpha value is -4.78. The number of aromatic nitrogens is 1. The van der Waals surface area contributed by atoms with Crippen molar-refractivity contribution in [1.82, 2.24) is 4.57 Å². The Morgan fingerprint density at radius 1 is 0.841 bits per heavy atom. The fraction of sp³-hybridized carbons (Fsp3) is 0.171. The number of fused-ring (bicyclic) bond motifs is 3. The highest BCUT2D eigenvalue weighted by molar-refractivity contribution is 7.14. The van der Waals surface area contributed by atoms with Crippen molar-refractivity contribution in [3.05, 3.63) is 148 Å². The summed E-state index contributed by atoms with van der Waals surface area (Å²) in [5.41, 5.74) is 9.19. The minimum atomic E-state index is 0.834. The van der Waals surface area contributed by atoms with Gasteiger partial charge in [-0.15, -0.1) is 17.8 Å². The van der Waals surface area contributed by atoms with Crippen molar-refractivity contribution in [2.75, 3.05) is 11.9 Å². The van der Waals surface area contributed by atoms with Crippen LogP contribution in [0.1, 0.15) is 53.6 Å². The van der Waals surface area contributed by atoms with Crippen molar-refractivity contribution < 1.29 is 0 Å². The van der Waals surface area contributed by atoms with Gasteiger partial charge in [-0.1, -0.05) is 109 Å². The maximum absolute atomic E-state index is 6.31. The van der Waals surface area contributed by atoms with Gasteiger partial charge in [-0.25, -0.2) is 0 Å². The van der Waals surface area contributed by atoms with Crippen LogP contribution < -0.4 is 4.90 Å². The molecule has 5 rings (SSSR count). The second-order valence-electron chi connectivity index (χ2n) is 10.7. The smallest absolute Gasteiger partial charge is 0.0674 e. The van der Waals surface area contributed by atoms with Crippen LogP contribution in [0.25, 0.3) is 33.2 Å². The molecule has 0 saturated heterocycles. The summed E-state index contributed by atoms with van der Waals surface area (Å²) >= 11 is 1.79. The Labute approximate surface area is 266 Å². The highest BCUT2D eigenvalue weighted by Crippen LogP contribution is 2.42. The number of rotatable bonds is 10. The Bertz CT molecular complexity index is 1930. The van der Waals surface area contributed by atoms with E-state index in [9.17, 15) is 0 Å². The highest BCUT2D eigenvalue weighted by atomic mass is 32.1. The van der Waals surface area contributed by atoms with Crippen LogP contribution in [-0.2, 0) is 6.42 Å². The monoisotopic (exact) mass is 592 g/mol. The fourth-order valence-electron chi connectivity index (χ4n) is 5.88. The standard InChI is InChI=1S/C41H40N2S/c1-7-11-13-15-22-31-23-16-19-26-36(31)42(6)39(29-14-12-8-2)40-30(5)32(9-3)41(44-40)35(10-4)43-37-27-20-17-24-33(37)34-25-18-21-28-38(34)43/h3,7-8,10-13,15-21,23-29H,14,22H2,1-2,4-6H3/b11-7-,12-8-,15-13-,35-10+,39-29+. The lowest BCUT2D eigenvalue weighted by Crippen LogP contribution is -2.17. The normalized spacial score (nSPS) is 12.8. The molecule has 0 spiro atoms. The number of terminal acetylenes is 1. The van der Waals surface area contributed by atoms with Gasteiger partial charge < -0.3 is 9.47 Å². The third-order valence-corrected chi connectivity index (χ3v) is 9.36. The van der Waals surface area contributed by atoms with Crippen molar-refractivity contribution in [3.63, 3.8) is 0 Å². The van der Waals surface area contributed by atoms with Crippen molar-refractivity contribution >= 4 is 50.2 Å². The molecule has 0 atom stereocenters.